The van der Waals surface area contributed by atoms with Gasteiger partial charge in [0, 0.05) is 29.0 Å². The lowest BCUT2D eigenvalue weighted by Gasteiger charge is -2.35. The van der Waals surface area contributed by atoms with Crippen LogP contribution in [0.2, 0.25) is 0 Å². The van der Waals surface area contributed by atoms with Crippen LogP contribution in [-0.4, -0.2) is 0 Å². The molecule has 1 aliphatic heterocycles. The summed E-state index contributed by atoms with van der Waals surface area (Å²) in [5, 5.41) is 0. The number of hydrogen-bond acceptors (Lipinski definition) is 1. The Morgan fingerprint density at radius 1 is 0.667 bits per heavy atom. The minimum absolute atomic E-state index is 0.880. The zero-order chi connectivity index (χ0) is 16.5. The van der Waals surface area contributed by atoms with E-state index >= 15 is 0 Å². The molecular formula is C23H21N. The Hall–Kier alpha value is -2.80. The standard InChI is InChI=1S/C23H21N/c1-17(2)23-19-12-6-8-14-21(19)24(16-18-10-4-3-5-11-18)22-15-9-7-13-20(22)23/h3-15H,16H2,1-2H3. The molecule has 0 atom stereocenters. The van der Waals surface area contributed by atoms with E-state index in [2.05, 4.69) is 97.6 Å². The molecule has 0 saturated heterocycles. The van der Waals surface area contributed by atoms with Gasteiger partial charge >= 0.3 is 0 Å². The molecule has 1 aliphatic rings. The highest BCUT2D eigenvalue weighted by molar-refractivity contribution is 5.98. The van der Waals surface area contributed by atoms with Gasteiger partial charge in [0.25, 0.3) is 0 Å². The maximum absolute atomic E-state index is 2.44. The van der Waals surface area contributed by atoms with Gasteiger partial charge in [-0.25, -0.2) is 0 Å². The van der Waals surface area contributed by atoms with Crippen LogP contribution >= 0.6 is 0 Å². The quantitative estimate of drug-likeness (QED) is 0.546. The molecule has 0 aromatic heterocycles. The Bertz CT molecular complexity index is 853. The van der Waals surface area contributed by atoms with E-state index in [-0.39, 0.29) is 0 Å². The van der Waals surface area contributed by atoms with E-state index in [1.54, 1.807) is 0 Å². The molecule has 0 spiro atoms. The molecule has 1 heterocycles. The van der Waals surface area contributed by atoms with Crippen molar-refractivity contribution in [1.29, 1.82) is 0 Å². The number of rotatable bonds is 2. The molecule has 0 fully saturated rings. The van der Waals surface area contributed by atoms with E-state index in [4.69, 9.17) is 0 Å². The third-order valence-corrected chi connectivity index (χ3v) is 4.61. The monoisotopic (exact) mass is 311 g/mol. The fourth-order valence-corrected chi connectivity index (χ4v) is 3.59. The van der Waals surface area contributed by atoms with Gasteiger partial charge in [-0.15, -0.1) is 0 Å². The summed E-state index contributed by atoms with van der Waals surface area (Å²) >= 11 is 0. The summed E-state index contributed by atoms with van der Waals surface area (Å²) in [4.78, 5) is 2.44. The second kappa shape index (κ2) is 6.01. The smallest absolute Gasteiger partial charge is 0.0493 e. The number of anilines is 2. The topological polar surface area (TPSA) is 3.24 Å². The lowest BCUT2D eigenvalue weighted by atomic mass is 9.87. The molecule has 4 rings (SSSR count). The maximum Gasteiger partial charge on any atom is 0.0493 e. The van der Waals surface area contributed by atoms with Gasteiger partial charge in [-0.3, -0.25) is 0 Å². The molecule has 1 nitrogen and oxygen atoms in total. The van der Waals surface area contributed by atoms with Gasteiger partial charge in [0.05, 0.1) is 0 Å². The molecule has 0 amide bonds. The molecule has 0 bridgehead atoms. The summed E-state index contributed by atoms with van der Waals surface area (Å²) in [6.45, 7) is 5.29. The summed E-state index contributed by atoms with van der Waals surface area (Å²) in [7, 11) is 0. The van der Waals surface area contributed by atoms with Crippen molar-refractivity contribution in [2.75, 3.05) is 4.90 Å². The molecular weight excluding hydrogens is 290 g/mol. The fourth-order valence-electron chi connectivity index (χ4n) is 3.59. The lowest BCUT2D eigenvalue weighted by Crippen LogP contribution is -2.22. The fraction of sp³-hybridized carbons (Fsp3) is 0.130. The molecule has 3 aromatic rings. The van der Waals surface area contributed by atoms with Crippen LogP contribution < -0.4 is 4.90 Å². The Kier molecular flexibility index (Phi) is 3.70. The van der Waals surface area contributed by atoms with Crippen molar-refractivity contribution < 1.29 is 0 Å². The van der Waals surface area contributed by atoms with Gasteiger partial charge in [-0.05, 0) is 37.1 Å². The number of nitrogens with zero attached hydrogens (tertiary/aromatic N) is 1. The largest absolute Gasteiger partial charge is 0.336 e. The molecule has 0 saturated carbocycles. The average molecular weight is 311 g/mol. The molecule has 0 radical (unpaired) electrons. The van der Waals surface area contributed by atoms with E-state index < -0.39 is 0 Å². The Morgan fingerprint density at radius 2 is 1.17 bits per heavy atom. The second-order valence-corrected chi connectivity index (χ2v) is 6.48. The van der Waals surface area contributed by atoms with Gasteiger partial charge in [0.15, 0.2) is 0 Å². The van der Waals surface area contributed by atoms with Crippen molar-refractivity contribution in [1.82, 2.24) is 0 Å². The average Bonchev–Trinajstić information content (AvgIpc) is 2.62. The van der Waals surface area contributed by atoms with Gasteiger partial charge < -0.3 is 4.90 Å². The minimum atomic E-state index is 0.880. The Labute approximate surface area is 143 Å². The van der Waals surface area contributed by atoms with Crippen LogP contribution in [0.1, 0.15) is 30.5 Å². The van der Waals surface area contributed by atoms with Crippen LogP contribution in [0.25, 0.3) is 5.57 Å². The number of hydrogen-bond donors (Lipinski definition) is 0. The summed E-state index contributed by atoms with van der Waals surface area (Å²) in [6, 6.07) is 28.2. The molecule has 1 heteroatoms. The molecule has 0 aliphatic carbocycles. The molecule has 118 valence electrons. The molecule has 0 N–H and O–H groups in total. The highest BCUT2D eigenvalue weighted by atomic mass is 15.1. The third-order valence-electron chi connectivity index (χ3n) is 4.61. The minimum Gasteiger partial charge on any atom is -0.336 e. The first-order valence-corrected chi connectivity index (χ1v) is 8.43. The van der Waals surface area contributed by atoms with Crippen LogP contribution in [0.15, 0.2) is 84.4 Å². The maximum atomic E-state index is 2.44. The van der Waals surface area contributed by atoms with Crippen molar-refractivity contribution in [3.8, 4) is 0 Å². The molecule has 3 aromatic carbocycles. The zero-order valence-corrected chi connectivity index (χ0v) is 14.2. The second-order valence-electron chi connectivity index (χ2n) is 6.48. The highest BCUT2D eigenvalue weighted by Crippen LogP contribution is 2.46. The Balaban J connectivity index is 1.93. The SMILES string of the molecule is CC(C)=C1c2ccccc2N(Cc2ccccc2)c2ccccc21. The summed E-state index contributed by atoms with van der Waals surface area (Å²) < 4.78 is 0. The van der Waals surface area contributed by atoms with Crippen LogP contribution in [0.4, 0.5) is 11.4 Å². The van der Waals surface area contributed by atoms with Gasteiger partial charge in [-0.1, -0.05) is 72.3 Å². The zero-order valence-electron chi connectivity index (χ0n) is 14.2. The number of allylic oxidation sites excluding steroid dienone is 1. The number of benzene rings is 3. The van der Waals surface area contributed by atoms with Crippen LogP contribution in [0.5, 0.6) is 0 Å². The van der Waals surface area contributed by atoms with Crippen molar-refractivity contribution in [2.24, 2.45) is 0 Å². The van der Waals surface area contributed by atoms with Gasteiger partial charge in [-0.2, -0.15) is 0 Å². The molecule has 0 unspecified atom stereocenters. The van der Waals surface area contributed by atoms with Crippen LogP contribution in [0, 0.1) is 0 Å². The van der Waals surface area contributed by atoms with E-state index in [9.17, 15) is 0 Å². The van der Waals surface area contributed by atoms with E-state index in [1.807, 2.05) is 0 Å². The van der Waals surface area contributed by atoms with E-state index in [0.29, 0.717) is 0 Å². The first-order chi connectivity index (χ1) is 11.8. The Morgan fingerprint density at radius 3 is 1.71 bits per heavy atom. The summed E-state index contributed by atoms with van der Waals surface area (Å²) in [6.07, 6.45) is 0. The summed E-state index contributed by atoms with van der Waals surface area (Å²) in [5.74, 6) is 0. The van der Waals surface area contributed by atoms with Crippen molar-refractivity contribution in [3.05, 3.63) is 101 Å². The molecule has 24 heavy (non-hydrogen) atoms. The predicted molar refractivity (Wildman–Crippen MR) is 103 cm³/mol. The lowest BCUT2D eigenvalue weighted by molar-refractivity contribution is 0.962. The predicted octanol–water partition coefficient (Wildman–Crippen LogP) is 6.18. The van der Waals surface area contributed by atoms with Gasteiger partial charge in [0.1, 0.15) is 0 Å². The third kappa shape index (κ3) is 2.43. The van der Waals surface area contributed by atoms with Crippen molar-refractivity contribution in [2.45, 2.75) is 20.4 Å². The first kappa shape index (κ1) is 14.8. The van der Waals surface area contributed by atoms with E-state index in [0.717, 1.165) is 6.54 Å². The summed E-state index contributed by atoms with van der Waals surface area (Å²) in [5.41, 5.74) is 9.27. The number of para-hydroxylation sites is 2. The number of fused-ring (bicyclic) bond motifs is 2. The van der Waals surface area contributed by atoms with Gasteiger partial charge in [0.2, 0.25) is 0 Å². The van der Waals surface area contributed by atoms with E-state index in [1.165, 1.54) is 39.2 Å². The van der Waals surface area contributed by atoms with Crippen LogP contribution in [-0.2, 0) is 6.54 Å². The highest BCUT2D eigenvalue weighted by Gasteiger charge is 2.26. The normalized spacial score (nSPS) is 12.6. The van der Waals surface area contributed by atoms with Crippen molar-refractivity contribution >= 4 is 16.9 Å². The first-order valence-electron chi connectivity index (χ1n) is 8.43. The van der Waals surface area contributed by atoms with Crippen molar-refractivity contribution in [3.63, 3.8) is 0 Å². The van der Waals surface area contributed by atoms with Crippen LogP contribution in [0.3, 0.4) is 0 Å².